The molecule has 6 aliphatic heterocycles. The van der Waals surface area contributed by atoms with Crippen LogP contribution in [0.4, 0.5) is 0 Å². The number of ether oxygens (including phenoxy) is 8. The lowest BCUT2D eigenvalue weighted by atomic mass is 9.87. The van der Waals surface area contributed by atoms with Crippen LogP contribution in [-0.4, -0.2) is 192 Å². The van der Waals surface area contributed by atoms with Gasteiger partial charge in [-0.3, -0.25) is 43.5 Å². The summed E-state index contributed by atoms with van der Waals surface area (Å²) in [5.74, 6) is 0.677. The maximum absolute atomic E-state index is 12.7. The molecule has 20 nitrogen and oxygen atoms in total. The molecule has 6 atom stereocenters. The van der Waals surface area contributed by atoms with E-state index < -0.39 is 0 Å². The number of likely N-dealkylation sites (tertiary alicyclic amines) is 3. The molecule has 0 aliphatic carbocycles. The third-order valence-corrected chi connectivity index (χ3v) is 31.5. The van der Waals surface area contributed by atoms with Crippen molar-refractivity contribution in [1.82, 2.24) is 30.7 Å². The van der Waals surface area contributed by atoms with Crippen LogP contribution in [0.5, 0.6) is 11.5 Å². The van der Waals surface area contributed by atoms with Crippen molar-refractivity contribution in [1.29, 1.82) is 0 Å². The summed E-state index contributed by atoms with van der Waals surface area (Å²) in [5, 5.41) is 10.6. The van der Waals surface area contributed by atoms with E-state index >= 15 is 0 Å². The molecule has 0 radical (unpaired) electrons. The fourth-order valence-corrected chi connectivity index (χ4v) is 21.8. The fourth-order valence-electron chi connectivity index (χ4n) is 21.8. The maximum Gasteiger partial charge on any atom is 0.310 e. The Balaban J connectivity index is 0.000000192. The zero-order valence-electron chi connectivity index (χ0n) is 93.2. The van der Waals surface area contributed by atoms with Crippen molar-refractivity contribution >= 4 is 35.8 Å². The highest BCUT2D eigenvalue weighted by Crippen LogP contribution is 2.48. The summed E-state index contributed by atoms with van der Waals surface area (Å²) < 4.78 is 43.7. The Morgan fingerprint density at radius 1 is 0.245 bits per heavy atom. The van der Waals surface area contributed by atoms with Gasteiger partial charge in [0, 0.05) is 105 Å². The second-order valence-electron chi connectivity index (χ2n) is 48.1. The Morgan fingerprint density at radius 2 is 0.406 bits per heavy atom. The number of carbonyl (C=O) groups is 6. The number of nitrogens with one attached hydrogen (secondary N) is 3. The summed E-state index contributed by atoms with van der Waals surface area (Å²) in [6.07, 6.45) is 9.43. The lowest BCUT2D eigenvalue weighted by Crippen LogP contribution is -2.48. The van der Waals surface area contributed by atoms with Crippen molar-refractivity contribution in [3.63, 3.8) is 0 Å². The molecule has 8 aromatic carbocycles. The Kier molecular flexibility index (Phi) is 39.5. The lowest BCUT2D eigenvalue weighted by molar-refractivity contribution is -0.151. The van der Waals surface area contributed by atoms with Crippen LogP contribution in [0.1, 0.15) is 260 Å². The van der Waals surface area contributed by atoms with E-state index in [1.165, 1.54) is 66.8 Å². The average Bonchev–Trinajstić information content (AvgIpc) is 1.61. The fraction of sp³-hybridized carbons (Fsp3) is 0.561. The zero-order valence-corrected chi connectivity index (χ0v) is 93.2. The molecule has 6 unspecified atom stereocenters. The highest BCUT2D eigenvalue weighted by atomic mass is 16.6. The van der Waals surface area contributed by atoms with E-state index in [2.05, 4.69) is 391 Å². The molecule has 0 bridgehead atoms. The van der Waals surface area contributed by atoms with Crippen molar-refractivity contribution in [2.45, 2.75) is 337 Å². The smallest absolute Gasteiger partial charge is 0.310 e. The largest absolute Gasteiger partial charge is 0.497 e. The van der Waals surface area contributed by atoms with Crippen LogP contribution in [-0.2, 0) is 95.7 Å². The number of nitrogens with zero attached hydrogens (tertiary/aromatic N) is 3. The van der Waals surface area contributed by atoms with Gasteiger partial charge in [0.05, 0.1) is 89.4 Å². The minimum atomic E-state index is -0.226. The van der Waals surface area contributed by atoms with Crippen LogP contribution in [0.15, 0.2) is 194 Å². The molecule has 0 amide bonds. The van der Waals surface area contributed by atoms with Gasteiger partial charge in [-0.25, -0.2) is 0 Å². The summed E-state index contributed by atoms with van der Waals surface area (Å²) in [6.45, 7) is 62.1. The number of hydrogen-bond donors (Lipinski definition) is 3. The predicted octanol–water partition coefficient (Wildman–Crippen LogP) is 23.2. The molecule has 14 rings (SSSR count). The van der Waals surface area contributed by atoms with Crippen molar-refractivity contribution in [3.05, 3.63) is 250 Å². The first-order chi connectivity index (χ1) is 66.5. The van der Waals surface area contributed by atoms with E-state index in [0.717, 1.165) is 99.7 Å². The van der Waals surface area contributed by atoms with Crippen LogP contribution in [0.3, 0.4) is 0 Å². The third kappa shape index (κ3) is 32.5. The highest BCUT2D eigenvalue weighted by molar-refractivity contribution is 5.78. The number of aryl methyl sites for hydroxylation is 4. The number of methoxy groups -OCH3 is 2. The first-order valence-corrected chi connectivity index (χ1v) is 51.8. The number of rotatable bonds is 28. The Labute approximate surface area is 859 Å². The SMILES string of the molecule is COc1ccc(CCOC(=O)C2CC(C)(C)N(C)C2(C)C)cc1.COc1ccc(CCOC(=O)C2CC(C)(C)NC2(C)C)cc1.Cc1ccc(-c2ccc(CCOC(=O)C3CC(C)(C)N(C)C3(C)C)cc2)cc1.Cc1ccc(-c2ccc(CCOC(=O)C3CC(C)(C)NC3(C)C)cc2)cc1.Cc1ccc(CCOC(=O)C2CC(C)(C)N(C)C2(C)C)cc1.Cc1ccc(CCOC(=O)C2CC(C)(C)NC2(C)C)cc1. The monoisotopic (exact) mass is 1960 g/mol. The normalized spacial score (nSPS) is 22.0. The van der Waals surface area contributed by atoms with Crippen molar-refractivity contribution in [2.75, 3.05) is 75.0 Å². The van der Waals surface area contributed by atoms with Gasteiger partial charge in [-0.2, -0.15) is 0 Å². The number of carbonyl (C=O) groups excluding carboxylic acids is 6. The standard InChI is InChI=1S/C25H33NO2.C24H31NO2.C19H29NO3.C19H29NO2.C18H27NO3.C18H27NO2/c1-18-7-11-20(12-8-18)21-13-9-19(10-14-21)15-16-28-23(27)22-17-24(2,3)26(6)25(22,4)5;1-17-6-10-19(11-7-17)20-12-8-18(9-13-20)14-15-27-22(26)21-16-23(2,3)25-24(21,4)5;1-18(2)13-16(19(3,4)20(18)5)17(21)23-12-11-14-7-9-15(22-6)10-8-14;1-14-7-9-15(10-8-14)11-12-22-17(21)16-13-18(2,3)20(6)19(16,4)5;1-17(2)12-15(18(3,4)19-17)16(20)22-11-10-13-6-8-14(21-5)9-7-13;1-13-6-8-14(9-7-13)10-11-21-16(20)15-12-17(2,3)19-18(15,4)5/h7-14,22H,15-17H2,1-6H3;6-13,21,25H,14-16H2,1-5H3;7-10,16H,11-13H2,1-6H3;7-10,16H,11-13H2,1-6H3;6-9,15,19H,10-12H2,1-5H3;6-9,15,19H,10-12H2,1-5H3. The molecular weight excluding hydrogens is 1790 g/mol. The first kappa shape index (κ1) is 117. The molecule has 6 heterocycles. The van der Waals surface area contributed by atoms with Gasteiger partial charge in [0.2, 0.25) is 0 Å². The molecule has 8 aromatic rings. The summed E-state index contributed by atoms with van der Waals surface area (Å²) >= 11 is 0. The molecule has 143 heavy (non-hydrogen) atoms. The second kappa shape index (κ2) is 48.5. The summed E-state index contributed by atoms with van der Waals surface area (Å²) in [6, 6.07) is 66.6. The number of benzene rings is 8. The van der Waals surface area contributed by atoms with Gasteiger partial charge in [0.15, 0.2) is 0 Å². The topological polar surface area (TPSA) is 222 Å². The van der Waals surface area contributed by atoms with Gasteiger partial charge in [-0.15, -0.1) is 0 Å². The highest BCUT2D eigenvalue weighted by Gasteiger charge is 2.57. The van der Waals surface area contributed by atoms with Crippen LogP contribution in [0.25, 0.3) is 22.3 Å². The molecule has 20 heteroatoms. The van der Waals surface area contributed by atoms with Gasteiger partial charge in [0.25, 0.3) is 0 Å². The Morgan fingerprint density at radius 3 is 0.566 bits per heavy atom. The van der Waals surface area contributed by atoms with Crippen LogP contribution < -0.4 is 25.4 Å². The molecule has 0 spiro atoms. The van der Waals surface area contributed by atoms with Crippen LogP contribution in [0, 0.1) is 63.2 Å². The minimum absolute atomic E-state index is 0.00978. The van der Waals surface area contributed by atoms with E-state index in [4.69, 9.17) is 37.9 Å². The summed E-state index contributed by atoms with van der Waals surface area (Å²) in [5.41, 5.74) is 15.8. The molecule has 6 saturated heterocycles. The lowest BCUT2D eigenvalue weighted by Gasteiger charge is -2.37. The summed E-state index contributed by atoms with van der Waals surface area (Å²) in [4.78, 5) is 81.8. The van der Waals surface area contributed by atoms with E-state index in [1.807, 2.05) is 48.5 Å². The molecule has 0 aromatic heterocycles. The molecule has 782 valence electrons. The van der Waals surface area contributed by atoms with E-state index in [9.17, 15) is 28.8 Å². The predicted molar refractivity (Wildman–Crippen MR) is 580 cm³/mol. The van der Waals surface area contributed by atoms with Crippen molar-refractivity contribution in [2.24, 2.45) is 35.5 Å². The van der Waals surface area contributed by atoms with Crippen molar-refractivity contribution < 1.29 is 66.7 Å². The quantitative estimate of drug-likeness (QED) is 0.0306. The molecule has 6 aliphatic rings. The van der Waals surface area contributed by atoms with E-state index in [-0.39, 0.29) is 138 Å². The molecular formula is C123H176N6O14. The van der Waals surface area contributed by atoms with Crippen LogP contribution >= 0.6 is 0 Å². The maximum atomic E-state index is 12.7. The molecule has 3 N–H and O–H groups in total. The molecule has 0 saturated carbocycles. The van der Waals surface area contributed by atoms with Crippen molar-refractivity contribution in [3.8, 4) is 33.8 Å². The van der Waals surface area contributed by atoms with Gasteiger partial charge >= 0.3 is 35.8 Å². The van der Waals surface area contributed by atoms with Crippen LogP contribution in [0.2, 0.25) is 0 Å². The second-order valence-corrected chi connectivity index (χ2v) is 48.1. The third-order valence-electron chi connectivity index (χ3n) is 31.5. The zero-order chi connectivity index (χ0) is 106. The Hall–Kier alpha value is -10.1. The average molecular weight is 1960 g/mol. The van der Waals surface area contributed by atoms with Gasteiger partial charge in [0.1, 0.15) is 11.5 Å². The van der Waals surface area contributed by atoms with E-state index in [1.54, 1.807) is 14.2 Å². The van der Waals surface area contributed by atoms with Gasteiger partial charge < -0.3 is 53.8 Å². The Bertz CT molecular complexity index is 5440. The first-order valence-electron chi connectivity index (χ1n) is 51.8. The van der Waals surface area contributed by atoms with E-state index in [0.29, 0.717) is 39.6 Å². The van der Waals surface area contributed by atoms with Gasteiger partial charge in [-0.05, 0) is 333 Å². The molecule has 6 fully saturated rings. The number of esters is 6. The number of hydrogen-bond acceptors (Lipinski definition) is 20. The summed E-state index contributed by atoms with van der Waals surface area (Å²) in [7, 11) is 9.58. The minimum Gasteiger partial charge on any atom is -0.497 e. The van der Waals surface area contributed by atoms with Gasteiger partial charge in [-0.1, -0.05) is 192 Å².